The lowest BCUT2D eigenvalue weighted by molar-refractivity contribution is -0.122. The highest BCUT2D eigenvalue weighted by molar-refractivity contribution is 5.80. The zero-order valence-electron chi connectivity index (χ0n) is 13.8. The van der Waals surface area contributed by atoms with Gasteiger partial charge in [0.25, 0.3) is 0 Å². The predicted octanol–water partition coefficient (Wildman–Crippen LogP) is 1.68. The molecule has 25 heavy (non-hydrogen) atoms. The maximum Gasteiger partial charge on any atom is 0.224 e. The van der Waals surface area contributed by atoms with Gasteiger partial charge in [0, 0.05) is 25.1 Å². The van der Waals surface area contributed by atoms with Gasteiger partial charge in [0.2, 0.25) is 11.8 Å². The summed E-state index contributed by atoms with van der Waals surface area (Å²) in [7, 11) is 0. The topological polar surface area (TPSA) is 78.4 Å². The van der Waals surface area contributed by atoms with Crippen LogP contribution in [0.15, 0.2) is 48.5 Å². The summed E-state index contributed by atoms with van der Waals surface area (Å²) in [5.41, 5.74) is 1.81. The molecule has 5 nitrogen and oxygen atoms in total. The molecule has 0 bridgehead atoms. The van der Waals surface area contributed by atoms with Crippen LogP contribution in [0.4, 0.5) is 4.39 Å². The van der Waals surface area contributed by atoms with E-state index in [4.69, 9.17) is 5.11 Å². The van der Waals surface area contributed by atoms with Crippen LogP contribution in [0, 0.1) is 5.82 Å². The number of carbonyl (C=O) groups excluding carboxylic acids is 2. The average Bonchev–Trinajstić information content (AvgIpc) is 2.62. The number of rotatable bonds is 8. The van der Waals surface area contributed by atoms with Gasteiger partial charge in [-0.15, -0.1) is 0 Å². The highest BCUT2D eigenvalue weighted by Crippen LogP contribution is 2.10. The second-order valence-corrected chi connectivity index (χ2v) is 5.62. The van der Waals surface area contributed by atoms with Gasteiger partial charge in [-0.05, 0) is 23.3 Å². The van der Waals surface area contributed by atoms with Gasteiger partial charge in [-0.25, -0.2) is 4.39 Å². The van der Waals surface area contributed by atoms with Crippen molar-refractivity contribution >= 4 is 11.8 Å². The summed E-state index contributed by atoms with van der Waals surface area (Å²) in [6, 6.07) is 13.7. The second-order valence-electron chi connectivity index (χ2n) is 5.62. The average molecular weight is 344 g/mol. The first-order valence-corrected chi connectivity index (χ1v) is 8.04. The van der Waals surface area contributed by atoms with E-state index >= 15 is 0 Å². The number of benzene rings is 2. The van der Waals surface area contributed by atoms with Gasteiger partial charge in [0.15, 0.2) is 0 Å². The number of nitrogens with one attached hydrogen (secondary N) is 2. The molecule has 132 valence electrons. The third-order valence-electron chi connectivity index (χ3n) is 3.65. The van der Waals surface area contributed by atoms with E-state index in [1.807, 2.05) is 30.3 Å². The molecule has 0 unspecified atom stereocenters. The minimum Gasteiger partial charge on any atom is -0.392 e. The summed E-state index contributed by atoms with van der Waals surface area (Å²) in [6.07, 6.45) is 0.441. The van der Waals surface area contributed by atoms with Crippen molar-refractivity contribution in [1.29, 1.82) is 0 Å². The largest absolute Gasteiger partial charge is 0.392 e. The fourth-order valence-corrected chi connectivity index (χ4v) is 2.31. The van der Waals surface area contributed by atoms with Gasteiger partial charge < -0.3 is 15.7 Å². The molecule has 2 aromatic rings. The summed E-state index contributed by atoms with van der Waals surface area (Å²) >= 11 is 0. The Balaban J connectivity index is 1.68. The molecule has 0 saturated carbocycles. The van der Waals surface area contributed by atoms with Crippen molar-refractivity contribution < 1.29 is 19.1 Å². The van der Waals surface area contributed by atoms with E-state index in [-0.39, 0.29) is 49.9 Å². The van der Waals surface area contributed by atoms with Crippen molar-refractivity contribution in [2.45, 2.75) is 26.0 Å². The number of halogens is 1. The van der Waals surface area contributed by atoms with E-state index in [0.29, 0.717) is 5.56 Å². The number of hydrogen-bond donors (Lipinski definition) is 3. The Morgan fingerprint density at radius 1 is 0.960 bits per heavy atom. The Hall–Kier alpha value is -2.73. The van der Waals surface area contributed by atoms with E-state index in [1.165, 1.54) is 12.1 Å². The van der Waals surface area contributed by atoms with Gasteiger partial charge in [-0.3, -0.25) is 9.59 Å². The Labute approximate surface area is 145 Å². The van der Waals surface area contributed by atoms with E-state index < -0.39 is 5.82 Å². The van der Waals surface area contributed by atoms with Crippen LogP contribution in [0.3, 0.4) is 0 Å². The van der Waals surface area contributed by atoms with E-state index in [9.17, 15) is 14.0 Å². The van der Waals surface area contributed by atoms with Crippen molar-refractivity contribution in [3.05, 3.63) is 71.0 Å². The van der Waals surface area contributed by atoms with Crippen LogP contribution in [0.5, 0.6) is 0 Å². The van der Waals surface area contributed by atoms with Crippen LogP contribution in [-0.2, 0) is 29.2 Å². The van der Waals surface area contributed by atoms with Crippen LogP contribution >= 0.6 is 0 Å². The van der Waals surface area contributed by atoms with Crippen LogP contribution in [-0.4, -0.2) is 23.5 Å². The Kier molecular flexibility index (Phi) is 7.10. The van der Waals surface area contributed by atoms with Crippen LogP contribution in [0.25, 0.3) is 0 Å². The fraction of sp³-hybridized carbons (Fsp3) is 0.263. The van der Waals surface area contributed by atoms with Gasteiger partial charge >= 0.3 is 0 Å². The SMILES string of the molecule is O=C(CCNC(=O)Cc1ccccc1)NCc1ccc(F)c(CO)c1. The number of hydrogen-bond acceptors (Lipinski definition) is 3. The maximum atomic E-state index is 13.3. The summed E-state index contributed by atoms with van der Waals surface area (Å²) in [6.45, 7) is 0.105. The Morgan fingerprint density at radius 2 is 1.72 bits per heavy atom. The molecule has 2 rings (SSSR count). The minimum atomic E-state index is -0.473. The lowest BCUT2D eigenvalue weighted by atomic mass is 10.1. The minimum absolute atomic E-state index is 0.134. The summed E-state index contributed by atoms with van der Waals surface area (Å²) in [4.78, 5) is 23.6. The van der Waals surface area contributed by atoms with Crippen molar-refractivity contribution in [3.63, 3.8) is 0 Å². The van der Waals surface area contributed by atoms with Gasteiger partial charge in [-0.2, -0.15) is 0 Å². The standard InChI is InChI=1S/C19H21FN2O3/c20-17-7-6-15(10-16(17)13-23)12-22-18(24)8-9-21-19(25)11-14-4-2-1-3-5-14/h1-7,10,23H,8-9,11-13H2,(H,21,25)(H,22,24). The Morgan fingerprint density at radius 3 is 2.44 bits per heavy atom. The normalized spacial score (nSPS) is 10.3. The molecule has 3 N–H and O–H groups in total. The summed E-state index contributed by atoms with van der Waals surface area (Å²) < 4.78 is 13.3. The molecule has 6 heteroatoms. The number of carbonyl (C=O) groups is 2. The molecule has 0 aliphatic heterocycles. The first kappa shape index (κ1) is 18.6. The molecule has 0 aliphatic carbocycles. The summed E-state index contributed by atoms with van der Waals surface area (Å²) in [5.74, 6) is -0.821. The number of amides is 2. The number of aliphatic hydroxyl groups excluding tert-OH is 1. The predicted molar refractivity (Wildman–Crippen MR) is 91.9 cm³/mol. The van der Waals surface area contributed by atoms with Crippen LogP contribution in [0.1, 0.15) is 23.1 Å². The highest BCUT2D eigenvalue weighted by atomic mass is 19.1. The molecular weight excluding hydrogens is 323 g/mol. The Bertz CT molecular complexity index is 720. The highest BCUT2D eigenvalue weighted by Gasteiger charge is 2.07. The monoisotopic (exact) mass is 344 g/mol. The maximum absolute atomic E-state index is 13.3. The lowest BCUT2D eigenvalue weighted by Gasteiger charge is -2.08. The molecule has 0 aromatic heterocycles. The molecular formula is C19H21FN2O3. The second kappa shape index (κ2) is 9.54. The van der Waals surface area contributed by atoms with Crippen molar-refractivity contribution in [2.24, 2.45) is 0 Å². The first-order chi connectivity index (χ1) is 12.1. The summed E-state index contributed by atoms with van der Waals surface area (Å²) in [5, 5.41) is 14.4. The lowest BCUT2D eigenvalue weighted by Crippen LogP contribution is -2.31. The van der Waals surface area contributed by atoms with Gasteiger partial charge in [0.1, 0.15) is 5.82 Å². The van der Waals surface area contributed by atoms with Crippen molar-refractivity contribution in [2.75, 3.05) is 6.54 Å². The van der Waals surface area contributed by atoms with Crippen molar-refractivity contribution in [3.8, 4) is 0 Å². The van der Waals surface area contributed by atoms with Gasteiger partial charge in [-0.1, -0.05) is 36.4 Å². The van der Waals surface area contributed by atoms with Gasteiger partial charge in [0.05, 0.1) is 13.0 Å². The zero-order chi connectivity index (χ0) is 18.1. The molecule has 0 aliphatic rings. The molecule has 2 aromatic carbocycles. The number of aliphatic hydroxyl groups is 1. The molecule has 0 heterocycles. The molecule has 0 atom stereocenters. The quantitative estimate of drug-likeness (QED) is 0.682. The zero-order valence-corrected chi connectivity index (χ0v) is 13.8. The van der Waals surface area contributed by atoms with Crippen LogP contribution in [0.2, 0.25) is 0 Å². The van der Waals surface area contributed by atoms with Crippen LogP contribution < -0.4 is 10.6 Å². The van der Waals surface area contributed by atoms with E-state index in [2.05, 4.69) is 10.6 Å². The molecule has 0 saturated heterocycles. The third-order valence-corrected chi connectivity index (χ3v) is 3.65. The first-order valence-electron chi connectivity index (χ1n) is 8.04. The molecule has 0 spiro atoms. The fourth-order valence-electron chi connectivity index (χ4n) is 2.31. The van der Waals surface area contributed by atoms with E-state index in [0.717, 1.165) is 5.56 Å². The molecule has 0 fully saturated rings. The molecule has 2 amide bonds. The van der Waals surface area contributed by atoms with E-state index in [1.54, 1.807) is 6.07 Å². The smallest absolute Gasteiger partial charge is 0.224 e. The third kappa shape index (κ3) is 6.35. The van der Waals surface area contributed by atoms with Crippen molar-refractivity contribution in [1.82, 2.24) is 10.6 Å². The molecule has 0 radical (unpaired) electrons.